The third-order valence-corrected chi connectivity index (χ3v) is 2.96. The van der Waals surface area contributed by atoms with Crippen LogP contribution in [-0.2, 0) is 10.0 Å². The number of sulfonamides is 1. The molecule has 0 bridgehead atoms. The molecule has 0 saturated carbocycles. The molecular formula is C7H7F2N3O4S. The highest BCUT2D eigenvalue weighted by Crippen LogP contribution is 2.30. The van der Waals surface area contributed by atoms with Crippen molar-refractivity contribution in [2.24, 2.45) is 5.14 Å². The summed E-state index contributed by atoms with van der Waals surface area (Å²) < 4.78 is 47.4. The zero-order valence-electron chi connectivity index (χ0n) is 8.42. The molecule has 0 spiro atoms. The van der Waals surface area contributed by atoms with Gasteiger partial charge in [-0.3, -0.25) is 0 Å². The summed E-state index contributed by atoms with van der Waals surface area (Å²) in [5.41, 5.74) is -1.45. The minimum absolute atomic E-state index is 0.400. The van der Waals surface area contributed by atoms with Crippen LogP contribution < -0.4 is 5.14 Å². The summed E-state index contributed by atoms with van der Waals surface area (Å²) in [6, 6.07) is 0.400. The number of primary sulfonamides is 1. The molecule has 1 aromatic rings. The standard InChI is InChI=1S/C7H7F2N3O4S/c1-3-6(17(10,15)16)4(7(8)9)2-5(11-3)12(13)14/h2,7H,1H3,(H2,10,15,16). The Bertz CT molecular complexity index is 573. The predicted octanol–water partition coefficient (Wildman–Crippen LogP) is 0.883. The molecule has 1 rings (SSSR count). The van der Waals surface area contributed by atoms with Gasteiger partial charge in [0.2, 0.25) is 10.0 Å². The average molecular weight is 267 g/mol. The Morgan fingerprint density at radius 1 is 1.53 bits per heavy atom. The molecule has 0 radical (unpaired) electrons. The molecule has 0 aliphatic heterocycles. The topological polar surface area (TPSA) is 116 Å². The number of nitrogens with two attached hydrogens (primary N) is 1. The van der Waals surface area contributed by atoms with Crippen LogP contribution in [0.1, 0.15) is 17.7 Å². The first-order valence-corrected chi connectivity index (χ1v) is 5.66. The van der Waals surface area contributed by atoms with E-state index in [9.17, 15) is 27.3 Å². The first kappa shape index (κ1) is 13.4. The lowest BCUT2D eigenvalue weighted by Crippen LogP contribution is -2.17. The number of aromatic nitrogens is 1. The van der Waals surface area contributed by atoms with Gasteiger partial charge in [0.15, 0.2) is 5.69 Å². The Balaban J connectivity index is 3.67. The number of nitrogens with zero attached hydrogens (tertiary/aromatic N) is 2. The summed E-state index contributed by atoms with van der Waals surface area (Å²) in [7, 11) is -4.42. The van der Waals surface area contributed by atoms with Crippen LogP contribution in [0, 0.1) is 17.0 Å². The molecule has 1 heterocycles. The van der Waals surface area contributed by atoms with Crippen molar-refractivity contribution in [3.63, 3.8) is 0 Å². The van der Waals surface area contributed by atoms with E-state index in [4.69, 9.17) is 5.14 Å². The summed E-state index contributed by atoms with van der Waals surface area (Å²) in [5.74, 6) is -0.856. The second-order valence-electron chi connectivity index (χ2n) is 3.09. The van der Waals surface area contributed by atoms with Crippen LogP contribution >= 0.6 is 0 Å². The van der Waals surface area contributed by atoms with E-state index in [1.165, 1.54) is 0 Å². The van der Waals surface area contributed by atoms with Gasteiger partial charge in [-0.2, -0.15) is 0 Å². The molecular weight excluding hydrogens is 260 g/mol. The third kappa shape index (κ3) is 2.71. The van der Waals surface area contributed by atoms with Crippen molar-refractivity contribution in [1.29, 1.82) is 0 Å². The first-order chi connectivity index (χ1) is 7.64. The number of aryl methyl sites for hydroxylation is 1. The number of nitro groups is 1. The second-order valence-corrected chi connectivity index (χ2v) is 4.59. The molecule has 94 valence electrons. The Morgan fingerprint density at radius 2 is 2.06 bits per heavy atom. The maximum Gasteiger partial charge on any atom is 0.364 e. The largest absolute Gasteiger partial charge is 0.364 e. The molecule has 0 unspecified atom stereocenters. The lowest BCUT2D eigenvalue weighted by atomic mass is 10.2. The summed E-state index contributed by atoms with van der Waals surface area (Å²) in [4.78, 5) is 11.8. The third-order valence-electron chi connectivity index (χ3n) is 1.86. The van der Waals surface area contributed by atoms with Gasteiger partial charge in [-0.25, -0.2) is 22.3 Å². The highest BCUT2D eigenvalue weighted by Gasteiger charge is 2.29. The van der Waals surface area contributed by atoms with Gasteiger partial charge in [-0.05, 0) is 9.91 Å². The number of alkyl halides is 2. The van der Waals surface area contributed by atoms with Gasteiger partial charge in [0.05, 0.1) is 5.56 Å². The van der Waals surface area contributed by atoms with Crippen LogP contribution in [0.2, 0.25) is 0 Å². The maximum atomic E-state index is 12.6. The van der Waals surface area contributed by atoms with Gasteiger partial charge in [0, 0.05) is 13.0 Å². The molecule has 0 saturated heterocycles. The fourth-order valence-electron chi connectivity index (χ4n) is 1.29. The first-order valence-electron chi connectivity index (χ1n) is 4.11. The Hall–Kier alpha value is -1.68. The monoisotopic (exact) mass is 267 g/mol. The van der Waals surface area contributed by atoms with E-state index >= 15 is 0 Å². The average Bonchev–Trinajstić information content (AvgIpc) is 2.13. The minimum Gasteiger partial charge on any atom is -0.358 e. The summed E-state index contributed by atoms with van der Waals surface area (Å²) in [6.45, 7) is 1.05. The number of halogens is 2. The smallest absolute Gasteiger partial charge is 0.358 e. The highest BCUT2D eigenvalue weighted by molar-refractivity contribution is 7.89. The summed E-state index contributed by atoms with van der Waals surface area (Å²) in [5, 5.41) is 15.2. The SMILES string of the molecule is Cc1nc([N+](=O)[O-])cc(C(F)F)c1S(N)(=O)=O. The van der Waals surface area contributed by atoms with E-state index in [1.807, 2.05) is 0 Å². The molecule has 1 aromatic heterocycles. The van der Waals surface area contributed by atoms with Crippen LogP contribution in [0.15, 0.2) is 11.0 Å². The van der Waals surface area contributed by atoms with Gasteiger partial charge in [-0.15, -0.1) is 0 Å². The zero-order valence-corrected chi connectivity index (χ0v) is 9.24. The number of pyridine rings is 1. The van der Waals surface area contributed by atoms with Crippen molar-refractivity contribution in [1.82, 2.24) is 4.98 Å². The van der Waals surface area contributed by atoms with E-state index in [0.717, 1.165) is 6.92 Å². The van der Waals surface area contributed by atoms with Gasteiger partial charge in [0.1, 0.15) is 4.90 Å². The number of hydrogen-bond donors (Lipinski definition) is 1. The summed E-state index contributed by atoms with van der Waals surface area (Å²) >= 11 is 0. The predicted molar refractivity (Wildman–Crippen MR) is 52.0 cm³/mol. The van der Waals surface area contributed by atoms with Crippen LogP contribution in [0.4, 0.5) is 14.6 Å². The Labute approximate surface area is 94.5 Å². The molecule has 10 heteroatoms. The van der Waals surface area contributed by atoms with Gasteiger partial charge < -0.3 is 10.1 Å². The quantitative estimate of drug-likeness (QED) is 0.644. The zero-order chi connectivity index (χ0) is 13.4. The molecule has 0 aliphatic carbocycles. The van der Waals surface area contributed by atoms with Crippen LogP contribution in [-0.4, -0.2) is 18.3 Å². The lowest BCUT2D eigenvalue weighted by Gasteiger charge is -2.07. The van der Waals surface area contributed by atoms with E-state index in [1.54, 1.807) is 0 Å². The van der Waals surface area contributed by atoms with E-state index in [0.29, 0.717) is 6.07 Å². The van der Waals surface area contributed by atoms with Crippen molar-refractivity contribution in [3.8, 4) is 0 Å². The minimum atomic E-state index is -4.42. The molecule has 0 aliphatic rings. The molecule has 0 aromatic carbocycles. The number of hydrogen-bond acceptors (Lipinski definition) is 5. The normalized spacial score (nSPS) is 11.8. The lowest BCUT2D eigenvalue weighted by molar-refractivity contribution is -0.389. The summed E-state index contributed by atoms with van der Waals surface area (Å²) in [6.07, 6.45) is -3.20. The molecule has 2 N–H and O–H groups in total. The van der Waals surface area contributed by atoms with Crippen molar-refractivity contribution in [2.75, 3.05) is 0 Å². The second kappa shape index (κ2) is 4.30. The molecule has 0 atom stereocenters. The number of rotatable bonds is 3. The van der Waals surface area contributed by atoms with Crippen molar-refractivity contribution in [3.05, 3.63) is 27.4 Å². The van der Waals surface area contributed by atoms with Gasteiger partial charge in [0.25, 0.3) is 6.43 Å². The van der Waals surface area contributed by atoms with Crippen molar-refractivity contribution < 1.29 is 22.1 Å². The highest BCUT2D eigenvalue weighted by atomic mass is 32.2. The fourth-order valence-corrected chi connectivity index (χ4v) is 2.23. The van der Waals surface area contributed by atoms with Crippen molar-refractivity contribution in [2.45, 2.75) is 18.2 Å². The van der Waals surface area contributed by atoms with Crippen molar-refractivity contribution >= 4 is 15.8 Å². The van der Waals surface area contributed by atoms with Crippen LogP contribution in [0.5, 0.6) is 0 Å². The van der Waals surface area contributed by atoms with Gasteiger partial charge >= 0.3 is 5.82 Å². The molecule has 17 heavy (non-hydrogen) atoms. The van der Waals surface area contributed by atoms with Gasteiger partial charge in [-0.1, -0.05) is 0 Å². The Kier molecular flexibility index (Phi) is 3.38. The molecule has 0 fully saturated rings. The van der Waals surface area contributed by atoms with E-state index in [2.05, 4.69) is 4.98 Å². The molecule has 7 nitrogen and oxygen atoms in total. The Morgan fingerprint density at radius 3 is 2.41 bits per heavy atom. The van der Waals surface area contributed by atoms with Crippen LogP contribution in [0.3, 0.4) is 0 Å². The fraction of sp³-hybridized carbons (Fsp3) is 0.286. The van der Waals surface area contributed by atoms with Crippen LogP contribution in [0.25, 0.3) is 0 Å². The maximum absolute atomic E-state index is 12.6. The van der Waals surface area contributed by atoms with E-state index in [-0.39, 0.29) is 0 Å². The molecule has 0 amide bonds. The van der Waals surface area contributed by atoms with E-state index < -0.39 is 43.3 Å².